The number of amides is 1. The molecule has 2 atom stereocenters. The number of piperazine rings is 1. The SMILES string of the molecule is CCC1C(=O)NCCN1c1c(F)cccc1C(C)N. The lowest BCUT2D eigenvalue weighted by molar-refractivity contribution is -0.123. The van der Waals surface area contributed by atoms with Crippen molar-refractivity contribution in [2.75, 3.05) is 18.0 Å². The summed E-state index contributed by atoms with van der Waals surface area (Å²) in [5.74, 6) is -0.365. The van der Waals surface area contributed by atoms with Gasteiger partial charge in [-0.15, -0.1) is 0 Å². The second-order valence-corrected chi connectivity index (χ2v) is 4.87. The summed E-state index contributed by atoms with van der Waals surface area (Å²) in [7, 11) is 0. The number of hydrogen-bond donors (Lipinski definition) is 2. The largest absolute Gasteiger partial charge is 0.355 e. The molecule has 1 saturated heterocycles. The highest BCUT2D eigenvalue weighted by Crippen LogP contribution is 2.31. The van der Waals surface area contributed by atoms with E-state index in [-0.39, 0.29) is 23.8 Å². The summed E-state index contributed by atoms with van der Waals surface area (Å²) in [6.45, 7) is 4.88. The fourth-order valence-electron chi connectivity index (χ4n) is 2.59. The van der Waals surface area contributed by atoms with Crippen molar-refractivity contribution in [3.05, 3.63) is 29.6 Å². The molecular formula is C14H20FN3O. The Bertz CT molecular complexity index is 476. The second kappa shape index (κ2) is 5.57. The number of benzene rings is 1. The van der Waals surface area contributed by atoms with Crippen LogP contribution in [0.5, 0.6) is 0 Å². The summed E-state index contributed by atoms with van der Waals surface area (Å²) in [6, 6.07) is 4.29. The number of nitrogens with zero attached hydrogens (tertiary/aromatic N) is 1. The molecule has 1 heterocycles. The van der Waals surface area contributed by atoms with E-state index >= 15 is 0 Å². The van der Waals surface area contributed by atoms with Gasteiger partial charge in [-0.05, 0) is 25.0 Å². The normalized spacial score (nSPS) is 21.2. The van der Waals surface area contributed by atoms with Gasteiger partial charge in [-0.1, -0.05) is 19.1 Å². The molecule has 0 aliphatic carbocycles. The minimum Gasteiger partial charge on any atom is -0.355 e. The van der Waals surface area contributed by atoms with Crippen LogP contribution in [-0.4, -0.2) is 25.0 Å². The summed E-state index contributed by atoms with van der Waals surface area (Å²) >= 11 is 0. The molecule has 0 radical (unpaired) electrons. The van der Waals surface area contributed by atoms with Crippen molar-refractivity contribution < 1.29 is 9.18 Å². The van der Waals surface area contributed by atoms with E-state index in [1.807, 2.05) is 24.8 Å². The molecule has 1 aromatic carbocycles. The molecule has 1 fully saturated rings. The molecule has 1 amide bonds. The van der Waals surface area contributed by atoms with Gasteiger partial charge >= 0.3 is 0 Å². The Hall–Kier alpha value is -1.62. The molecule has 19 heavy (non-hydrogen) atoms. The van der Waals surface area contributed by atoms with E-state index < -0.39 is 0 Å². The highest BCUT2D eigenvalue weighted by molar-refractivity contribution is 5.87. The van der Waals surface area contributed by atoms with Crippen molar-refractivity contribution in [2.24, 2.45) is 5.73 Å². The number of rotatable bonds is 3. The number of nitrogens with two attached hydrogens (primary N) is 1. The van der Waals surface area contributed by atoms with Crippen molar-refractivity contribution >= 4 is 11.6 Å². The van der Waals surface area contributed by atoms with Crippen molar-refractivity contribution in [2.45, 2.75) is 32.4 Å². The Morgan fingerprint density at radius 3 is 2.95 bits per heavy atom. The fourth-order valence-corrected chi connectivity index (χ4v) is 2.59. The predicted octanol–water partition coefficient (Wildman–Crippen LogP) is 1.56. The number of anilines is 1. The maximum atomic E-state index is 14.2. The van der Waals surface area contributed by atoms with Gasteiger partial charge in [0.25, 0.3) is 0 Å². The molecule has 0 bridgehead atoms. The second-order valence-electron chi connectivity index (χ2n) is 4.87. The Labute approximate surface area is 112 Å². The van der Waals surface area contributed by atoms with Crippen LogP contribution in [0.2, 0.25) is 0 Å². The Morgan fingerprint density at radius 2 is 2.32 bits per heavy atom. The Kier molecular flexibility index (Phi) is 4.04. The van der Waals surface area contributed by atoms with E-state index in [9.17, 15) is 9.18 Å². The number of para-hydroxylation sites is 1. The van der Waals surface area contributed by atoms with Gasteiger partial charge < -0.3 is 16.0 Å². The smallest absolute Gasteiger partial charge is 0.242 e. The minimum absolute atomic E-state index is 0.0485. The van der Waals surface area contributed by atoms with Crippen LogP contribution in [0.4, 0.5) is 10.1 Å². The first kappa shape index (κ1) is 13.8. The first-order valence-corrected chi connectivity index (χ1v) is 6.64. The lowest BCUT2D eigenvalue weighted by Crippen LogP contribution is -2.55. The summed E-state index contributed by atoms with van der Waals surface area (Å²) in [6.07, 6.45) is 0.637. The standard InChI is InChI=1S/C14H20FN3O/c1-3-12-14(19)17-7-8-18(12)13-10(9(2)16)5-4-6-11(13)15/h4-6,9,12H,3,7-8,16H2,1-2H3,(H,17,19). The molecular weight excluding hydrogens is 245 g/mol. The van der Waals surface area contributed by atoms with E-state index in [1.54, 1.807) is 6.07 Å². The molecule has 0 aromatic heterocycles. The minimum atomic E-state index is -0.330. The van der Waals surface area contributed by atoms with Gasteiger partial charge in [0.1, 0.15) is 11.9 Å². The van der Waals surface area contributed by atoms with Gasteiger partial charge in [-0.3, -0.25) is 4.79 Å². The van der Waals surface area contributed by atoms with E-state index in [0.717, 1.165) is 5.56 Å². The van der Waals surface area contributed by atoms with E-state index in [4.69, 9.17) is 5.73 Å². The molecule has 3 N–H and O–H groups in total. The zero-order valence-corrected chi connectivity index (χ0v) is 11.3. The number of carbonyl (C=O) groups is 1. The van der Waals surface area contributed by atoms with Gasteiger partial charge in [-0.25, -0.2) is 4.39 Å². The summed E-state index contributed by atoms with van der Waals surface area (Å²) in [5.41, 5.74) is 7.13. The molecule has 0 saturated carbocycles. The van der Waals surface area contributed by atoms with Gasteiger partial charge in [0.2, 0.25) is 5.91 Å². The summed E-state index contributed by atoms with van der Waals surface area (Å²) < 4.78 is 14.2. The fraction of sp³-hybridized carbons (Fsp3) is 0.500. The quantitative estimate of drug-likeness (QED) is 0.872. The first-order chi connectivity index (χ1) is 9.06. The van der Waals surface area contributed by atoms with Crippen LogP contribution < -0.4 is 16.0 Å². The van der Waals surface area contributed by atoms with Gasteiger partial charge in [0.15, 0.2) is 0 Å². The van der Waals surface area contributed by atoms with Crippen molar-refractivity contribution in [1.29, 1.82) is 0 Å². The van der Waals surface area contributed by atoms with Gasteiger partial charge in [-0.2, -0.15) is 0 Å². The highest BCUT2D eigenvalue weighted by atomic mass is 19.1. The molecule has 1 aliphatic heterocycles. The average molecular weight is 265 g/mol. The van der Waals surface area contributed by atoms with Crippen LogP contribution >= 0.6 is 0 Å². The summed E-state index contributed by atoms with van der Waals surface area (Å²) in [4.78, 5) is 13.7. The van der Waals surface area contributed by atoms with Crippen LogP contribution in [0.3, 0.4) is 0 Å². The summed E-state index contributed by atoms with van der Waals surface area (Å²) in [5, 5.41) is 2.82. The van der Waals surface area contributed by atoms with Crippen LogP contribution in [0.25, 0.3) is 0 Å². The number of nitrogens with one attached hydrogen (secondary N) is 1. The highest BCUT2D eigenvalue weighted by Gasteiger charge is 2.31. The van der Waals surface area contributed by atoms with Gasteiger partial charge in [0.05, 0.1) is 5.69 Å². The maximum Gasteiger partial charge on any atom is 0.242 e. The van der Waals surface area contributed by atoms with Crippen LogP contribution in [0.1, 0.15) is 31.9 Å². The molecule has 2 rings (SSSR count). The molecule has 4 nitrogen and oxygen atoms in total. The monoisotopic (exact) mass is 265 g/mol. The number of hydrogen-bond acceptors (Lipinski definition) is 3. The third kappa shape index (κ3) is 2.56. The van der Waals surface area contributed by atoms with Crippen LogP contribution in [0.15, 0.2) is 18.2 Å². The molecule has 104 valence electrons. The topological polar surface area (TPSA) is 58.4 Å². The molecule has 2 unspecified atom stereocenters. The third-order valence-corrected chi connectivity index (χ3v) is 3.51. The molecule has 1 aromatic rings. The molecule has 0 spiro atoms. The first-order valence-electron chi connectivity index (χ1n) is 6.64. The maximum absolute atomic E-state index is 14.2. The van der Waals surface area contributed by atoms with E-state index in [2.05, 4.69) is 5.32 Å². The van der Waals surface area contributed by atoms with Crippen molar-refractivity contribution in [3.8, 4) is 0 Å². The van der Waals surface area contributed by atoms with Crippen LogP contribution in [-0.2, 0) is 4.79 Å². The molecule has 5 heteroatoms. The number of halogens is 1. The van der Waals surface area contributed by atoms with E-state index in [1.165, 1.54) is 6.07 Å². The average Bonchev–Trinajstić information content (AvgIpc) is 2.38. The zero-order chi connectivity index (χ0) is 14.0. The van der Waals surface area contributed by atoms with E-state index in [0.29, 0.717) is 25.2 Å². The van der Waals surface area contributed by atoms with Gasteiger partial charge in [0, 0.05) is 19.1 Å². The predicted molar refractivity (Wildman–Crippen MR) is 73.4 cm³/mol. The lowest BCUT2D eigenvalue weighted by Gasteiger charge is -2.38. The zero-order valence-electron chi connectivity index (χ0n) is 11.3. The Balaban J connectivity index is 2.47. The third-order valence-electron chi connectivity index (χ3n) is 3.51. The van der Waals surface area contributed by atoms with Crippen molar-refractivity contribution in [1.82, 2.24) is 5.32 Å². The Morgan fingerprint density at radius 1 is 1.58 bits per heavy atom. The molecule has 1 aliphatic rings. The lowest BCUT2D eigenvalue weighted by atomic mass is 10.0. The van der Waals surface area contributed by atoms with Crippen molar-refractivity contribution in [3.63, 3.8) is 0 Å². The van der Waals surface area contributed by atoms with Crippen LogP contribution in [0, 0.1) is 5.82 Å². The number of carbonyl (C=O) groups excluding carboxylic acids is 1.